The van der Waals surface area contributed by atoms with Gasteiger partial charge in [0.2, 0.25) is 11.6 Å². The number of hydrogen-bond acceptors (Lipinski definition) is 10. The van der Waals surface area contributed by atoms with Crippen LogP contribution in [0.2, 0.25) is 0 Å². The van der Waals surface area contributed by atoms with E-state index in [4.69, 9.17) is 13.9 Å². The first kappa shape index (κ1) is 26.3. The van der Waals surface area contributed by atoms with Gasteiger partial charge in [-0.3, -0.25) is 19.8 Å². The quantitative estimate of drug-likeness (QED) is 0.125. The molecule has 14 heteroatoms. The summed E-state index contributed by atoms with van der Waals surface area (Å²) in [6.07, 6.45) is 2.53. The molecule has 0 bridgehead atoms. The van der Waals surface area contributed by atoms with Crippen LogP contribution < -0.4 is 14.8 Å². The number of urea groups is 1. The van der Waals surface area contributed by atoms with Crippen LogP contribution in [0, 0.1) is 10.1 Å². The molecule has 13 nitrogen and oxygen atoms in total. The van der Waals surface area contributed by atoms with E-state index in [9.17, 15) is 24.5 Å². The summed E-state index contributed by atoms with van der Waals surface area (Å²) in [5.74, 6) is -0.448. The number of aromatic nitrogens is 1. The summed E-state index contributed by atoms with van der Waals surface area (Å²) in [7, 11) is 1.21. The highest BCUT2D eigenvalue weighted by Gasteiger charge is 2.34. The number of furan rings is 1. The Morgan fingerprint density at radius 3 is 2.71 bits per heavy atom. The largest absolute Gasteiger partial charge is 0.490 e. The summed E-state index contributed by atoms with van der Waals surface area (Å²) in [6, 6.07) is 8.04. The van der Waals surface area contributed by atoms with Crippen molar-refractivity contribution < 1.29 is 37.9 Å². The minimum absolute atomic E-state index is 0.00907. The van der Waals surface area contributed by atoms with Crippen LogP contribution in [0.5, 0.6) is 17.4 Å². The van der Waals surface area contributed by atoms with Crippen LogP contribution in [-0.4, -0.2) is 46.4 Å². The molecule has 1 aromatic carbocycles. The third kappa shape index (κ3) is 5.64. The molecule has 1 aliphatic heterocycles. The normalized spacial score (nSPS) is 14.0. The number of benzene rings is 1. The summed E-state index contributed by atoms with van der Waals surface area (Å²) in [5.41, 5.74) is 0.326. The predicted molar refractivity (Wildman–Crippen MR) is 133 cm³/mol. The fraction of sp³-hybridized carbons (Fsp3) is 0.167. The average Bonchev–Trinajstić information content (AvgIpc) is 3.46. The molecule has 0 saturated carbocycles. The first-order chi connectivity index (χ1) is 18.2. The first-order valence-electron chi connectivity index (χ1n) is 11.0. The topological polar surface area (TPSA) is 163 Å². The van der Waals surface area contributed by atoms with Gasteiger partial charge in [-0.05, 0) is 58.8 Å². The van der Waals surface area contributed by atoms with Crippen LogP contribution in [0.1, 0.15) is 28.8 Å². The maximum absolute atomic E-state index is 12.9. The Kier molecular flexibility index (Phi) is 7.71. The SMILES string of the molecule is CCOc1cc(/C=C2\NC(=O)N(Cc3ccc(C(=O)OC)o3)C2=O)cc(Br)c1Oc1ccc([N+](=O)[O-])cn1. The number of methoxy groups -OCH3 is 1. The van der Waals surface area contributed by atoms with Crippen LogP contribution in [0.15, 0.2) is 57.2 Å². The van der Waals surface area contributed by atoms with Crippen molar-refractivity contribution in [2.24, 2.45) is 0 Å². The van der Waals surface area contributed by atoms with Gasteiger partial charge >= 0.3 is 12.0 Å². The molecular weight excluding hydrogens is 568 g/mol. The molecule has 1 N–H and O–H groups in total. The number of nitro groups is 1. The van der Waals surface area contributed by atoms with Crippen molar-refractivity contribution in [1.29, 1.82) is 0 Å². The van der Waals surface area contributed by atoms with Gasteiger partial charge in [0.1, 0.15) is 17.7 Å². The smallest absolute Gasteiger partial charge is 0.373 e. The van der Waals surface area contributed by atoms with E-state index in [0.717, 1.165) is 11.1 Å². The Hall–Kier alpha value is -4.72. The molecule has 196 valence electrons. The van der Waals surface area contributed by atoms with Crippen LogP contribution in [0.3, 0.4) is 0 Å². The average molecular weight is 587 g/mol. The second-order valence-electron chi connectivity index (χ2n) is 7.61. The first-order valence-corrected chi connectivity index (χ1v) is 11.8. The summed E-state index contributed by atoms with van der Waals surface area (Å²) in [4.78, 5) is 52.1. The second kappa shape index (κ2) is 11.1. The molecule has 3 aromatic rings. The Morgan fingerprint density at radius 2 is 2.05 bits per heavy atom. The lowest BCUT2D eigenvalue weighted by atomic mass is 10.1. The molecule has 3 amide bonds. The van der Waals surface area contributed by atoms with Crippen molar-refractivity contribution in [2.45, 2.75) is 13.5 Å². The zero-order valence-electron chi connectivity index (χ0n) is 19.9. The van der Waals surface area contributed by atoms with Crippen molar-refractivity contribution >= 4 is 45.6 Å². The fourth-order valence-corrected chi connectivity index (χ4v) is 3.93. The van der Waals surface area contributed by atoms with Crippen molar-refractivity contribution in [3.63, 3.8) is 0 Å². The summed E-state index contributed by atoms with van der Waals surface area (Å²) < 4.78 is 21.8. The standard InChI is InChI=1S/C24H19BrN4O9/c1-3-36-19-10-13(8-16(25)21(19)38-20-7-4-14(11-26-20)29(33)34)9-17-22(30)28(24(32)27-17)12-15-5-6-18(37-15)23(31)35-2/h4-11H,3,12H2,1-2H3,(H,27,32)/b17-9-. The number of carbonyl (C=O) groups is 3. The van der Waals surface area contributed by atoms with Gasteiger partial charge in [-0.15, -0.1) is 0 Å². The summed E-state index contributed by atoms with van der Waals surface area (Å²) >= 11 is 3.41. The molecule has 3 heterocycles. The molecule has 1 saturated heterocycles. The maximum atomic E-state index is 12.9. The third-order valence-corrected chi connectivity index (χ3v) is 5.69. The van der Waals surface area contributed by atoms with E-state index < -0.39 is 22.8 Å². The number of carbonyl (C=O) groups excluding carboxylic acids is 3. The number of amides is 3. The number of nitrogens with one attached hydrogen (secondary N) is 1. The number of pyridine rings is 1. The fourth-order valence-electron chi connectivity index (χ4n) is 3.39. The predicted octanol–water partition coefficient (Wildman–Crippen LogP) is 4.42. The van der Waals surface area contributed by atoms with Crippen LogP contribution >= 0.6 is 15.9 Å². The van der Waals surface area contributed by atoms with Crippen molar-refractivity contribution in [1.82, 2.24) is 15.2 Å². The van der Waals surface area contributed by atoms with E-state index in [1.54, 1.807) is 19.1 Å². The molecule has 0 unspecified atom stereocenters. The van der Waals surface area contributed by atoms with Gasteiger partial charge < -0.3 is 23.9 Å². The van der Waals surface area contributed by atoms with E-state index in [2.05, 4.69) is 31.0 Å². The van der Waals surface area contributed by atoms with E-state index >= 15 is 0 Å². The monoisotopic (exact) mass is 586 g/mol. The number of rotatable bonds is 9. The molecule has 0 atom stereocenters. The van der Waals surface area contributed by atoms with E-state index in [0.29, 0.717) is 15.8 Å². The molecule has 4 rings (SSSR count). The lowest BCUT2D eigenvalue weighted by molar-refractivity contribution is -0.385. The summed E-state index contributed by atoms with van der Waals surface area (Å²) in [5, 5.41) is 13.4. The molecule has 1 aliphatic rings. The van der Waals surface area contributed by atoms with Gasteiger partial charge in [0.05, 0.1) is 29.7 Å². The molecule has 0 spiro atoms. The van der Waals surface area contributed by atoms with E-state index in [1.165, 1.54) is 37.5 Å². The van der Waals surface area contributed by atoms with Gasteiger partial charge in [0, 0.05) is 12.1 Å². The summed E-state index contributed by atoms with van der Waals surface area (Å²) in [6.45, 7) is 1.87. The maximum Gasteiger partial charge on any atom is 0.373 e. The molecule has 2 aromatic heterocycles. The number of halogens is 1. The van der Waals surface area contributed by atoms with E-state index in [1.807, 2.05) is 0 Å². The van der Waals surface area contributed by atoms with Crippen LogP contribution in [0.25, 0.3) is 6.08 Å². The lowest BCUT2D eigenvalue weighted by Crippen LogP contribution is -2.30. The highest BCUT2D eigenvalue weighted by molar-refractivity contribution is 9.10. The lowest BCUT2D eigenvalue weighted by Gasteiger charge is -2.14. The minimum Gasteiger partial charge on any atom is -0.490 e. The number of ether oxygens (including phenoxy) is 3. The molecule has 0 aliphatic carbocycles. The van der Waals surface area contributed by atoms with Crippen molar-refractivity contribution in [3.05, 3.63) is 80.0 Å². The van der Waals surface area contributed by atoms with Crippen molar-refractivity contribution in [2.75, 3.05) is 13.7 Å². The zero-order chi connectivity index (χ0) is 27.4. The molecular formula is C24H19BrN4O9. The third-order valence-electron chi connectivity index (χ3n) is 5.11. The van der Waals surface area contributed by atoms with Gasteiger partial charge in [-0.25, -0.2) is 14.6 Å². The Balaban J connectivity index is 1.56. The second-order valence-corrected chi connectivity index (χ2v) is 8.47. The van der Waals surface area contributed by atoms with E-state index in [-0.39, 0.29) is 47.7 Å². The van der Waals surface area contributed by atoms with Gasteiger partial charge in [-0.1, -0.05) is 0 Å². The van der Waals surface area contributed by atoms with Crippen LogP contribution in [0.4, 0.5) is 10.5 Å². The van der Waals surface area contributed by atoms with Crippen LogP contribution in [-0.2, 0) is 16.1 Å². The Labute approximate surface area is 223 Å². The van der Waals surface area contributed by atoms with Gasteiger partial charge in [0.15, 0.2) is 11.5 Å². The Bertz CT molecular complexity index is 1450. The van der Waals surface area contributed by atoms with Gasteiger partial charge in [-0.2, -0.15) is 0 Å². The molecule has 1 fully saturated rings. The van der Waals surface area contributed by atoms with Crippen molar-refractivity contribution in [3.8, 4) is 17.4 Å². The zero-order valence-corrected chi connectivity index (χ0v) is 21.5. The molecule has 38 heavy (non-hydrogen) atoms. The number of imide groups is 1. The van der Waals surface area contributed by atoms with Gasteiger partial charge in [0.25, 0.3) is 11.6 Å². The highest BCUT2D eigenvalue weighted by atomic mass is 79.9. The highest BCUT2D eigenvalue weighted by Crippen LogP contribution is 2.40. The number of esters is 1. The Morgan fingerprint density at radius 1 is 1.26 bits per heavy atom. The number of hydrogen-bond donors (Lipinski definition) is 1. The molecule has 0 radical (unpaired) electrons. The number of nitrogens with zero attached hydrogens (tertiary/aromatic N) is 3. The minimum atomic E-state index is -0.679.